The van der Waals surface area contributed by atoms with E-state index in [9.17, 15) is 0 Å². The smallest absolute Gasteiger partial charge is 0.0713 e. The maximum absolute atomic E-state index is 5.87. The Kier molecular flexibility index (Phi) is 2.26. The van der Waals surface area contributed by atoms with Gasteiger partial charge in [-0.3, -0.25) is 0 Å². The van der Waals surface area contributed by atoms with Crippen LogP contribution in [-0.2, 0) is 0 Å². The van der Waals surface area contributed by atoms with Gasteiger partial charge in [0.2, 0.25) is 0 Å². The van der Waals surface area contributed by atoms with Crippen molar-refractivity contribution in [3.63, 3.8) is 0 Å². The van der Waals surface area contributed by atoms with Crippen LogP contribution in [-0.4, -0.2) is 4.37 Å². The van der Waals surface area contributed by atoms with Gasteiger partial charge in [-0.05, 0) is 56.1 Å². The predicted octanol–water partition coefficient (Wildman–Crippen LogP) is 3.25. The molecule has 0 spiro atoms. The summed E-state index contributed by atoms with van der Waals surface area (Å²) in [6.45, 7) is 0. The van der Waals surface area contributed by atoms with E-state index in [1.165, 1.54) is 11.5 Å². The minimum atomic E-state index is 0.822. The van der Waals surface area contributed by atoms with Crippen molar-refractivity contribution in [2.24, 2.45) is 0 Å². The molecule has 62 valence electrons. The van der Waals surface area contributed by atoms with Gasteiger partial charge in [-0.1, -0.05) is 0 Å². The number of halogens is 2. The van der Waals surface area contributed by atoms with Crippen molar-refractivity contribution >= 4 is 65.8 Å². The zero-order valence-corrected chi connectivity index (χ0v) is 10.4. The summed E-state index contributed by atoms with van der Waals surface area (Å²) in [6.07, 6.45) is 1.81. The largest absolute Gasteiger partial charge is 0.397 e. The van der Waals surface area contributed by atoms with Crippen molar-refractivity contribution in [1.29, 1.82) is 0 Å². The summed E-state index contributed by atoms with van der Waals surface area (Å²) in [7, 11) is 0. The Morgan fingerprint density at radius 1 is 1.58 bits per heavy atom. The zero-order chi connectivity index (χ0) is 8.72. The lowest BCUT2D eigenvalue weighted by Crippen LogP contribution is -1.89. The highest BCUT2D eigenvalue weighted by atomic mass is 127. The van der Waals surface area contributed by atoms with Gasteiger partial charge in [0.1, 0.15) is 0 Å². The van der Waals surface area contributed by atoms with Crippen LogP contribution in [0.2, 0.25) is 0 Å². The molecule has 12 heavy (non-hydrogen) atoms. The van der Waals surface area contributed by atoms with E-state index in [0.29, 0.717) is 0 Å². The molecule has 0 bridgehead atoms. The average molecular weight is 355 g/mol. The number of hydrogen-bond acceptors (Lipinski definition) is 3. The van der Waals surface area contributed by atoms with E-state index in [0.717, 1.165) is 23.8 Å². The normalized spacial score (nSPS) is 10.8. The van der Waals surface area contributed by atoms with Crippen LogP contribution in [0.1, 0.15) is 0 Å². The first-order chi connectivity index (χ1) is 5.70. The fraction of sp³-hybridized carbons (Fsp3) is 0. The molecule has 0 radical (unpaired) electrons. The zero-order valence-electron chi connectivity index (χ0n) is 5.84. The second kappa shape index (κ2) is 3.12. The molecule has 0 unspecified atom stereocenters. The van der Waals surface area contributed by atoms with Crippen LogP contribution in [0.25, 0.3) is 10.1 Å². The first kappa shape index (κ1) is 8.71. The lowest BCUT2D eigenvalue weighted by molar-refractivity contribution is 1.60. The van der Waals surface area contributed by atoms with Gasteiger partial charge in [0.25, 0.3) is 0 Å². The summed E-state index contributed by atoms with van der Waals surface area (Å²) in [5.41, 5.74) is 6.69. The fourth-order valence-corrected chi connectivity index (χ4v) is 3.35. The lowest BCUT2D eigenvalue weighted by Gasteiger charge is -2.00. The molecule has 2 nitrogen and oxygen atoms in total. The molecule has 0 aliphatic carbocycles. The van der Waals surface area contributed by atoms with Crippen molar-refractivity contribution in [3.8, 4) is 0 Å². The average Bonchev–Trinajstić information content (AvgIpc) is 2.48. The van der Waals surface area contributed by atoms with E-state index in [4.69, 9.17) is 5.73 Å². The Labute approximate surface area is 95.6 Å². The minimum Gasteiger partial charge on any atom is -0.397 e. The molecule has 0 aliphatic rings. The number of benzene rings is 1. The Hall–Kier alpha value is 0.120. The lowest BCUT2D eigenvalue weighted by atomic mass is 10.2. The first-order valence-corrected chi connectivity index (χ1v) is 5.82. The predicted molar refractivity (Wildman–Crippen MR) is 64.4 cm³/mol. The van der Waals surface area contributed by atoms with Crippen LogP contribution < -0.4 is 5.73 Å². The molecule has 1 aromatic heterocycles. The van der Waals surface area contributed by atoms with Crippen LogP contribution in [0.15, 0.2) is 16.7 Å². The number of rotatable bonds is 0. The van der Waals surface area contributed by atoms with Crippen LogP contribution in [0.5, 0.6) is 0 Å². The number of nitrogens with zero attached hydrogens (tertiary/aromatic N) is 1. The van der Waals surface area contributed by atoms with Gasteiger partial charge in [0.05, 0.1) is 16.6 Å². The molecule has 0 amide bonds. The Balaban J connectivity index is 2.97. The quantitative estimate of drug-likeness (QED) is 0.582. The molecular formula is C7H4BrIN2S. The summed E-state index contributed by atoms with van der Waals surface area (Å²) >= 11 is 7.15. The standard InChI is InChI=1S/C7H4BrIN2S/c8-4-1-5(9)6(10)3-2-11-12-7(3)4/h1-2H,10H2. The van der Waals surface area contributed by atoms with Crippen molar-refractivity contribution in [2.75, 3.05) is 5.73 Å². The third-order valence-electron chi connectivity index (χ3n) is 1.59. The van der Waals surface area contributed by atoms with E-state index < -0.39 is 0 Å². The Morgan fingerprint density at radius 2 is 2.33 bits per heavy atom. The second-order valence-corrected chi connectivity index (χ2v) is 5.14. The van der Waals surface area contributed by atoms with Crippen LogP contribution in [0.3, 0.4) is 0 Å². The van der Waals surface area contributed by atoms with Crippen molar-refractivity contribution < 1.29 is 0 Å². The number of nitrogens with two attached hydrogens (primary N) is 1. The van der Waals surface area contributed by atoms with Crippen LogP contribution in [0.4, 0.5) is 5.69 Å². The molecule has 0 fully saturated rings. The SMILES string of the molecule is Nc1c(I)cc(Br)c2sncc12. The van der Waals surface area contributed by atoms with Gasteiger partial charge >= 0.3 is 0 Å². The van der Waals surface area contributed by atoms with Crippen LogP contribution >= 0.6 is 50.1 Å². The van der Waals surface area contributed by atoms with Gasteiger partial charge in [0.15, 0.2) is 0 Å². The van der Waals surface area contributed by atoms with Gasteiger partial charge < -0.3 is 5.73 Å². The number of anilines is 1. The highest BCUT2D eigenvalue weighted by Crippen LogP contribution is 2.34. The van der Waals surface area contributed by atoms with E-state index in [1.807, 2.05) is 12.3 Å². The molecule has 0 saturated carbocycles. The number of aromatic nitrogens is 1. The van der Waals surface area contributed by atoms with Crippen molar-refractivity contribution in [1.82, 2.24) is 4.37 Å². The monoisotopic (exact) mass is 354 g/mol. The molecule has 0 aliphatic heterocycles. The maximum Gasteiger partial charge on any atom is 0.0713 e. The van der Waals surface area contributed by atoms with Gasteiger partial charge in [-0.15, -0.1) is 0 Å². The minimum absolute atomic E-state index is 0.822. The van der Waals surface area contributed by atoms with Gasteiger partial charge in [0, 0.05) is 13.4 Å². The second-order valence-electron chi connectivity index (χ2n) is 2.32. The molecule has 0 atom stereocenters. The molecule has 1 heterocycles. The molecule has 0 saturated heterocycles. The summed E-state index contributed by atoms with van der Waals surface area (Å²) < 4.78 is 7.34. The Bertz CT molecular complexity index is 440. The highest BCUT2D eigenvalue weighted by Gasteiger charge is 2.07. The molecule has 1 aromatic carbocycles. The van der Waals surface area contributed by atoms with E-state index in [2.05, 4.69) is 42.9 Å². The van der Waals surface area contributed by atoms with E-state index in [1.54, 1.807) is 0 Å². The summed E-state index contributed by atoms with van der Waals surface area (Å²) in [5, 5.41) is 1.04. The third-order valence-corrected chi connectivity index (χ3v) is 4.20. The molecule has 5 heteroatoms. The molecule has 2 N–H and O–H groups in total. The maximum atomic E-state index is 5.87. The molecular weight excluding hydrogens is 351 g/mol. The van der Waals surface area contributed by atoms with Gasteiger partial charge in [-0.25, -0.2) is 0 Å². The van der Waals surface area contributed by atoms with E-state index >= 15 is 0 Å². The van der Waals surface area contributed by atoms with Gasteiger partial charge in [-0.2, -0.15) is 4.37 Å². The Morgan fingerprint density at radius 3 is 3.08 bits per heavy atom. The summed E-state index contributed by atoms with van der Waals surface area (Å²) in [4.78, 5) is 0. The molecule has 2 aromatic rings. The third kappa shape index (κ3) is 1.23. The first-order valence-electron chi connectivity index (χ1n) is 3.18. The molecule has 2 rings (SSSR count). The summed E-state index contributed by atoms with van der Waals surface area (Å²) in [6, 6.07) is 2.01. The fourth-order valence-electron chi connectivity index (χ4n) is 0.987. The topological polar surface area (TPSA) is 38.9 Å². The number of hydrogen-bond donors (Lipinski definition) is 1. The van der Waals surface area contributed by atoms with Crippen molar-refractivity contribution in [3.05, 3.63) is 20.3 Å². The number of fused-ring (bicyclic) bond motifs is 1. The number of nitrogen functional groups attached to an aromatic ring is 1. The van der Waals surface area contributed by atoms with Crippen LogP contribution in [0, 0.1) is 3.57 Å². The van der Waals surface area contributed by atoms with E-state index in [-0.39, 0.29) is 0 Å². The van der Waals surface area contributed by atoms with Crippen molar-refractivity contribution in [2.45, 2.75) is 0 Å². The highest BCUT2D eigenvalue weighted by molar-refractivity contribution is 14.1. The summed E-state index contributed by atoms with van der Waals surface area (Å²) in [5.74, 6) is 0.